The number of fused-ring (bicyclic) bond motifs is 1. The van der Waals surface area contributed by atoms with Crippen molar-refractivity contribution in [2.24, 2.45) is 0 Å². The van der Waals surface area contributed by atoms with E-state index in [4.69, 9.17) is 4.74 Å². The van der Waals surface area contributed by atoms with E-state index in [2.05, 4.69) is 4.98 Å². The summed E-state index contributed by atoms with van der Waals surface area (Å²) >= 11 is 0. The minimum absolute atomic E-state index is 0.202. The van der Waals surface area contributed by atoms with Gasteiger partial charge in [0, 0.05) is 17.1 Å². The second-order valence-electron chi connectivity index (χ2n) is 5.47. The summed E-state index contributed by atoms with van der Waals surface area (Å²) in [5.74, 6) is -0.968. The Bertz CT molecular complexity index is 876. The van der Waals surface area contributed by atoms with Gasteiger partial charge in [-0.3, -0.25) is 4.98 Å². The molecule has 1 heterocycles. The Hall–Kier alpha value is -2.75. The number of hydrogen-bond donors (Lipinski definition) is 0. The topological polar surface area (TPSA) is 39.2 Å². The number of pyridine rings is 1. The molecule has 0 N–H and O–H groups in total. The Labute approximate surface area is 133 Å². The molecule has 0 aliphatic rings. The Morgan fingerprint density at radius 2 is 1.96 bits per heavy atom. The molecule has 1 atom stereocenters. The second-order valence-corrected chi connectivity index (χ2v) is 5.47. The average molecular weight is 309 g/mol. The number of esters is 1. The molecule has 1 unspecified atom stereocenters. The van der Waals surface area contributed by atoms with Crippen LogP contribution in [-0.2, 0) is 4.74 Å². The monoisotopic (exact) mass is 309 g/mol. The van der Waals surface area contributed by atoms with Gasteiger partial charge in [-0.15, -0.1) is 0 Å². The smallest absolute Gasteiger partial charge is 0.338 e. The van der Waals surface area contributed by atoms with Crippen molar-refractivity contribution in [1.29, 1.82) is 0 Å². The van der Waals surface area contributed by atoms with Gasteiger partial charge in [0.1, 0.15) is 11.9 Å². The van der Waals surface area contributed by atoms with Crippen molar-refractivity contribution in [3.63, 3.8) is 0 Å². The van der Waals surface area contributed by atoms with E-state index in [0.717, 1.165) is 16.5 Å². The molecule has 0 saturated carbocycles. The van der Waals surface area contributed by atoms with Gasteiger partial charge < -0.3 is 4.74 Å². The molecule has 1 aromatic heterocycles. The van der Waals surface area contributed by atoms with E-state index in [1.54, 1.807) is 32.2 Å². The van der Waals surface area contributed by atoms with Crippen LogP contribution in [0.15, 0.2) is 54.7 Å². The van der Waals surface area contributed by atoms with Crippen LogP contribution in [0.1, 0.15) is 34.5 Å². The number of benzene rings is 2. The third kappa shape index (κ3) is 3.21. The third-order valence-corrected chi connectivity index (χ3v) is 3.77. The highest BCUT2D eigenvalue weighted by molar-refractivity contribution is 5.89. The summed E-state index contributed by atoms with van der Waals surface area (Å²) in [6, 6.07) is 14.0. The number of nitrogens with zero attached hydrogens (tertiary/aromatic N) is 1. The lowest BCUT2D eigenvalue weighted by Gasteiger charge is -2.14. The SMILES string of the molecule is Cc1ccc(C(=O)OC(C)c2cnc3ccccc3c2)cc1F. The first kappa shape index (κ1) is 15.2. The van der Waals surface area contributed by atoms with Crippen LogP contribution < -0.4 is 0 Å². The van der Waals surface area contributed by atoms with E-state index >= 15 is 0 Å². The van der Waals surface area contributed by atoms with Gasteiger partial charge in [0.2, 0.25) is 0 Å². The predicted octanol–water partition coefficient (Wildman–Crippen LogP) is 4.60. The largest absolute Gasteiger partial charge is 0.454 e. The molecule has 3 rings (SSSR count). The molecule has 0 radical (unpaired) electrons. The van der Waals surface area contributed by atoms with E-state index in [9.17, 15) is 9.18 Å². The molecule has 23 heavy (non-hydrogen) atoms. The normalized spacial score (nSPS) is 12.1. The summed E-state index contributed by atoms with van der Waals surface area (Å²) in [7, 11) is 0. The Kier molecular flexibility index (Phi) is 4.06. The van der Waals surface area contributed by atoms with Gasteiger partial charge in [-0.2, -0.15) is 0 Å². The highest BCUT2D eigenvalue weighted by Gasteiger charge is 2.15. The molecule has 0 amide bonds. The second kappa shape index (κ2) is 6.16. The summed E-state index contributed by atoms with van der Waals surface area (Å²) in [5.41, 5.74) is 2.38. The molecule has 4 heteroatoms. The fourth-order valence-electron chi connectivity index (χ4n) is 2.33. The van der Waals surface area contributed by atoms with E-state index in [1.165, 1.54) is 6.07 Å². The van der Waals surface area contributed by atoms with Crippen LogP contribution in [0.4, 0.5) is 4.39 Å². The summed E-state index contributed by atoms with van der Waals surface area (Å²) in [5, 5.41) is 0.981. The van der Waals surface area contributed by atoms with Crippen LogP contribution in [0.25, 0.3) is 10.9 Å². The maximum absolute atomic E-state index is 13.6. The number of carbonyl (C=O) groups excluding carboxylic acids is 1. The number of aryl methyl sites for hydroxylation is 1. The molecular weight excluding hydrogens is 293 g/mol. The van der Waals surface area contributed by atoms with Gasteiger partial charge >= 0.3 is 5.97 Å². The van der Waals surface area contributed by atoms with Crippen LogP contribution in [0.2, 0.25) is 0 Å². The van der Waals surface area contributed by atoms with Crippen LogP contribution in [-0.4, -0.2) is 11.0 Å². The number of halogens is 1. The lowest BCUT2D eigenvalue weighted by molar-refractivity contribution is 0.0337. The number of hydrogen-bond acceptors (Lipinski definition) is 3. The molecule has 0 saturated heterocycles. The minimum Gasteiger partial charge on any atom is -0.454 e. The van der Waals surface area contributed by atoms with Crippen molar-refractivity contribution in [2.75, 3.05) is 0 Å². The zero-order valence-corrected chi connectivity index (χ0v) is 12.9. The van der Waals surface area contributed by atoms with Crippen LogP contribution >= 0.6 is 0 Å². The highest BCUT2D eigenvalue weighted by atomic mass is 19.1. The standard InChI is InChI=1S/C19H16FNO2/c1-12-7-8-15(10-17(12)20)19(22)23-13(2)16-9-14-5-3-4-6-18(14)21-11-16/h3-11,13H,1-2H3. The minimum atomic E-state index is -0.551. The van der Waals surface area contributed by atoms with Crippen molar-refractivity contribution < 1.29 is 13.9 Å². The predicted molar refractivity (Wildman–Crippen MR) is 86.7 cm³/mol. The molecule has 0 fully saturated rings. The van der Waals surface area contributed by atoms with E-state index in [0.29, 0.717) is 5.56 Å². The van der Waals surface area contributed by atoms with Crippen molar-refractivity contribution >= 4 is 16.9 Å². The first-order valence-electron chi connectivity index (χ1n) is 7.36. The maximum atomic E-state index is 13.6. The van der Waals surface area contributed by atoms with Crippen molar-refractivity contribution in [1.82, 2.24) is 4.98 Å². The molecule has 0 spiro atoms. The van der Waals surface area contributed by atoms with Gasteiger partial charge in [0.15, 0.2) is 0 Å². The molecule has 0 aliphatic heterocycles. The van der Waals surface area contributed by atoms with Gasteiger partial charge in [0.25, 0.3) is 0 Å². The summed E-state index contributed by atoms with van der Waals surface area (Å²) in [6.45, 7) is 3.42. The Morgan fingerprint density at radius 3 is 2.74 bits per heavy atom. The van der Waals surface area contributed by atoms with Gasteiger partial charge in [-0.05, 0) is 43.7 Å². The Balaban J connectivity index is 1.80. The lowest BCUT2D eigenvalue weighted by atomic mass is 10.1. The average Bonchev–Trinajstić information content (AvgIpc) is 2.56. The molecule has 3 nitrogen and oxygen atoms in total. The number of rotatable bonds is 3. The van der Waals surface area contributed by atoms with E-state index < -0.39 is 17.9 Å². The first-order valence-corrected chi connectivity index (χ1v) is 7.36. The number of aromatic nitrogens is 1. The quantitative estimate of drug-likeness (QED) is 0.664. The zero-order valence-electron chi connectivity index (χ0n) is 12.9. The molecule has 2 aromatic carbocycles. The van der Waals surface area contributed by atoms with Crippen molar-refractivity contribution in [3.05, 3.63) is 77.2 Å². The van der Waals surface area contributed by atoms with Crippen LogP contribution in [0, 0.1) is 12.7 Å². The fourth-order valence-corrected chi connectivity index (χ4v) is 2.33. The summed E-state index contributed by atoms with van der Waals surface area (Å²) in [4.78, 5) is 16.5. The number of carbonyl (C=O) groups is 1. The van der Waals surface area contributed by atoms with Crippen molar-refractivity contribution in [2.45, 2.75) is 20.0 Å². The molecule has 0 aliphatic carbocycles. The van der Waals surface area contributed by atoms with Gasteiger partial charge in [0.05, 0.1) is 11.1 Å². The lowest BCUT2D eigenvalue weighted by Crippen LogP contribution is -2.10. The number of ether oxygens (including phenoxy) is 1. The molecule has 3 aromatic rings. The summed E-state index contributed by atoms with van der Waals surface area (Å²) < 4.78 is 19.0. The maximum Gasteiger partial charge on any atom is 0.338 e. The first-order chi connectivity index (χ1) is 11.0. The van der Waals surface area contributed by atoms with Crippen LogP contribution in [0.5, 0.6) is 0 Å². The van der Waals surface area contributed by atoms with Gasteiger partial charge in [-0.1, -0.05) is 24.3 Å². The number of para-hydroxylation sites is 1. The zero-order chi connectivity index (χ0) is 16.4. The van der Waals surface area contributed by atoms with E-state index in [-0.39, 0.29) is 5.56 Å². The van der Waals surface area contributed by atoms with E-state index in [1.807, 2.05) is 30.3 Å². The molecule has 0 bridgehead atoms. The van der Waals surface area contributed by atoms with Gasteiger partial charge in [-0.25, -0.2) is 9.18 Å². The molecular formula is C19H16FNO2. The highest BCUT2D eigenvalue weighted by Crippen LogP contribution is 2.22. The third-order valence-electron chi connectivity index (χ3n) is 3.77. The fraction of sp³-hybridized carbons (Fsp3) is 0.158. The Morgan fingerprint density at radius 1 is 1.17 bits per heavy atom. The molecule has 116 valence electrons. The van der Waals surface area contributed by atoms with Crippen molar-refractivity contribution in [3.8, 4) is 0 Å². The summed E-state index contributed by atoms with van der Waals surface area (Å²) in [6.07, 6.45) is 1.22. The van der Waals surface area contributed by atoms with Crippen LogP contribution in [0.3, 0.4) is 0 Å².